The average Bonchev–Trinajstić information content (AvgIpc) is 2.42. The second-order valence-corrected chi connectivity index (χ2v) is 4.30. The van der Waals surface area contributed by atoms with Gasteiger partial charge in [0.25, 0.3) is 0 Å². The molecule has 0 heterocycles. The molecule has 1 rings (SSSR count). The fraction of sp³-hybridized carbons (Fsp3) is 0.600. The first kappa shape index (κ1) is 15.0. The molecule has 1 aromatic rings. The van der Waals surface area contributed by atoms with Crippen molar-refractivity contribution in [3.63, 3.8) is 0 Å². The maximum Gasteiger partial charge on any atom is 0.119 e. The summed E-state index contributed by atoms with van der Waals surface area (Å²) in [6.07, 6.45) is 3.22. The van der Waals surface area contributed by atoms with Crippen LogP contribution >= 0.6 is 0 Å². The van der Waals surface area contributed by atoms with Crippen LogP contribution in [0.2, 0.25) is 0 Å². The fourth-order valence-corrected chi connectivity index (χ4v) is 1.69. The largest absolute Gasteiger partial charge is 0.494 e. The Kier molecular flexibility index (Phi) is 8.26. The zero-order valence-corrected chi connectivity index (χ0v) is 11.6. The van der Waals surface area contributed by atoms with Gasteiger partial charge in [0.05, 0.1) is 13.2 Å². The van der Waals surface area contributed by atoms with E-state index in [2.05, 4.69) is 24.4 Å². The van der Waals surface area contributed by atoms with Crippen molar-refractivity contribution in [2.45, 2.75) is 26.2 Å². The Bertz CT molecular complexity index is 298. The number of hydrogen-bond donors (Lipinski definition) is 1. The first-order chi connectivity index (χ1) is 8.86. The number of unbranched alkanes of at least 4 members (excludes halogenated alkanes) is 1. The van der Waals surface area contributed by atoms with E-state index in [9.17, 15) is 0 Å². The minimum absolute atomic E-state index is 0.768. The van der Waals surface area contributed by atoms with Crippen LogP contribution in [-0.4, -0.2) is 33.4 Å². The van der Waals surface area contributed by atoms with Gasteiger partial charge in [0.15, 0.2) is 0 Å². The third kappa shape index (κ3) is 6.62. The lowest BCUT2D eigenvalue weighted by molar-refractivity contribution is 0.202. The Morgan fingerprint density at radius 1 is 1.06 bits per heavy atom. The number of methoxy groups -OCH3 is 1. The molecule has 0 spiro atoms. The lowest BCUT2D eigenvalue weighted by Gasteiger charge is -2.07. The first-order valence-electron chi connectivity index (χ1n) is 6.78. The molecule has 0 unspecified atom stereocenters. The number of rotatable bonds is 10. The summed E-state index contributed by atoms with van der Waals surface area (Å²) in [6.45, 7) is 5.81. The SMILES string of the molecule is CCNCCCCOc1ccc(CCOC)cc1. The second-order valence-electron chi connectivity index (χ2n) is 4.30. The number of ether oxygens (including phenoxy) is 2. The van der Waals surface area contributed by atoms with Crippen molar-refractivity contribution in [2.75, 3.05) is 33.4 Å². The van der Waals surface area contributed by atoms with E-state index in [1.807, 2.05) is 12.1 Å². The highest BCUT2D eigenvalue weighted by atomic mass is 16.5. The highest BCUT2D eigenvalue weighted by Crippen LogP contribution is 2.13. The lowest BCUT2D eigenvalue weighted by Crippen LogP contribution is -2.14. The van der Waals surface area contributed by atoms with Crippen LogP contribution in [0.5, 0.6) is 5.75 Å². The molecule has 18 heavy (non-hydrogen) atoms. The Balaban J connectivity index is 2.14. The van der Waals surface area contributed by atoms with Gasteiger partial charge in [-0.1, -0.05) is 19.1 Å². The number of hydrogen-bond acceptors (Lipinski definition) is 3. The number of benzene rings is 1. The monoisotopic (exact) mass is 251 g/mol. The maximum absolute atomic E-state index is 5.69. The van der Waals surface area contributed by atoms with Crippen LogP contribution in [0.1, 0.15) is 25.3 Å². The van der Waals surface area contributed by atoms with Gasteiger partial charge >= 0.3 is 0 Å². The van der Waals surface area contributed by atoms with Gasteiger partial charge in [0.1, 0.15) is 5.75 Å². The lowest BCUT2D eigenvalue weighted by atomic mass is 10.1. The van der Waals surface area contributed by atoms with E-state index < -0.39 is 0 Å². The van der Waals surface area contributed by atoms with E-state index in [1.54, 1.807) is 7.11 Å². The van der Waals surface area contributed by atoms with Crippen LogP contribution in [0.15, 0.2) is 24.3 Å². The van der Waals surface area contributed by atoms with E-state index in [1.165, 1.54) is 12.0 Å². The zero-order valence-electron chi connectivity index (χ0n) is 11.6. The Morgan fingerprint density at radius 3 is 2.50 bits per heavy atom. The third-order valence-electron chi connectivity index (χ3n) is 2.78. The van der Waals surface area contributed by atoms with Gasteiger partial charge in [-0.25, -0.2) is 0 Å². The molecule has 0 aliphatic heterocycles. The smallest absolute Gasteiger partial charge is 0.119 e. The van der Waals surface area contributed by atoms with E-state index in [0.717, 1.165) is 44.9 Å². The van der Waals surface area contributed by atoms with Gasteiger partial charge in [0, 0.05) is 7.11 Å². The summed E-state index contributed by atoms with van der Waals surface area (Å²) in [4.78, 5) is 0. The fourth-order valence-electron chi connectivity index (χ4n) is 1.69. The van der Waals surface area contributed by atoms with Gasteiger partial charge in [-0.2, -0.15) is 0 Å². The van der Waals surface area contributed by atoms with Crippen molar-refractivity contribution in [3.8, 4) is 5.75 Å². The minimum atomic E-state index is 0.768. The molecule has 0 saturated heterocycles. The van der Waals surface area contributed by atoms with Gasteiger partial charge in [-0.05, 0) is 50.0 Å². The summed E-state index contributed by atoms with van der Waals surface area (Å²) >= 11 is 0. The third-order valence-corrected chi connectivity index (χ3v) is 2.78. The van der Waals surface area contributed by atoms with Crippen molar-refractivity contribution in [1.82, 2.24) is 5.32 Å². The van der Waals surface area contributed by atoms with Crippen molar-refractivity contribution >= 4 is 0 Å². The molecule has 3 nitrogen and oxygen atoms in total. The molecule has 0 amide bonds. The van der Waals surface area contributed by atoms with E-state index >= 15 is 0 Å². The summed E-state index contributed by atoms with van der Waals surface area (Å²) in [7, 11) is 1.73. The molecule has 1 aromatic carbocycles. The summed E-state index contributed by atoms with van der Waals surface area (Å²) in [5.41, 5.74) is 1.29. The summed E-state index contributed by atoms with van der Waals surface area (Å²) in [5.74, 6) is 0.958. The van der Waals surface area contributed by atoms with Crippen LogP contribution in [-0.2, 0) is 11.2 Å². The molecule has 1 N–H and O–H groups in total. The molecule has 102 valence electrons. The van der Waals surface area contributed by atoms with E-state index in [-0.39, 0.29) is 0 Å². The van der Waals surface area contributed by atoms with Crippen molar-refractivity contribution in [1.29, 1.82) is 0 Å². The van der Waals surface area contributed by atoms with Gasteiger partial charge < -0.3 is 14.8 Å². The highest BCUT2D eigenvalue weighted by molar-refractivity contribution is 5.27. The van der Waals surface area contributed by atoms with Gasteiger partial charge in [-0.15, -0.1) is 0 Å². The average molecular weight is 251 g/mol. The maximum atomic E-state index is 5.69. The molecule has 0 bridgehead atoms. The molecule has 0 fully saturated rings. The minimum Gasteiger partial charge on any atom is -0.494 e. The molecule has 0 aromatic heterocycles. The van der Waals surface area contributed by atoms with Crippen LogP contribution < -0.4 is 10.1 Å². The van der Waals surface area contributed by atoms with E-state index in [4.69, 9.17) is 9.47 Å². The van der Waals surface area contributed by atoms with E-state index in [0.29, 0.717) is 0 Å². The van der Waals surface area contributed by atoms with Crippen LogP contribution in [0.3, 0.4) is 0 Å². The molecule has 0 radical (unpaired) electrons. The molecular formula is C15H25NO2. The summed E-state index contributed by atoms with van der Waals surface area (Å²) < 4.78 is 10.7. The quantitative estimate of drug-likeness (QED) is 0.648. The van der Waals surface area contributed by atoms with Gasteiger partial charge in [-0.3, -0.25) is 0 Å². The molecule has 0 aliphatic rings. The summed E-state index contributed by atoms with van der Waals surface area (Å²) in [6, 6.07) is 8.28. The Morgan fingerprint density at radius 2 is 1.83 bits per heavy atom. The Labute approximate surface area is 110 Å². The highest BCUT2D eigenvalue weighted by Gasteiger charge is 1.96. The van der Waals surface area contributed by atoms with Crippen molar-refractivity contribution in [3.05, 3.63) is 29.8 Å². The second kappa shape index (κ2) is 9.92. The van der Waals surface area contributed by atoms with Crippen molar-refractivity contribution < 1.29 is 9.47 Å². The topological polar surface area (TPSA) is 30.5 Å². The first-order valence-corrected chi connectivity index (χ1v) is 6.78. The molecule has 0 atom stereocenters. The molecule has 3 heteroatoms. The molecular weight excluding hydrogens is 226 g/mol. The van der Waals surface area contributed by atoms with Crippen molar-refractivity contribution in [2.24, 2.45) is 0 Å². The molecule has 0 aliphatic carbocycles. The van der Waals surface area contributed by atoms with Crippen LogP contribution in [0, 0.1) is 0 Å². The predicted molar refractivity (Wildman–Crippen MR) is 75.3 cm³/mol. The van der Waals surface area contributed by atoms with Gasteiger partial charge in [0.2, 0.25) is 0 Å². The number of nitrogens with one attached hydrogen (secondary N) is 1. The summed E-state index contributed by atoms with van der Waals surface area (Å²) in [5, 5.41) is 3.31. The predicted octanol–water partition coefficient (Wildman–Crippen LogP) is 2.64. The van der Waals surface area contributed by atoms with Crippen LogP contribution in [0.4, 0.5) is 0 Å². The Hall–Kier alpha value is -1.06. The molecule has 0 saturated carbocycles. The zero-order chi connectivity index (χ0) is 13.1. The normalized spacial score (nSPS) is 10.6. The van der Waals surface area contributed by atoms with Crippen LogP contribution in [0.25, 0.3) is 0 Å². The standard InChI is InChI=1S/C15H25NO2/c1-3-16-11-4-5-12-18-15-8-6-14(7-9-15)10-13-17-2/h6-9,16H,3-5,10-13H2,1-2H3.